The molecule has 15 heteroatoms. The van der Waals surface area contributed by atoms with Crippen molar-refractivity contribution in [3.8, 4) is 23.0 Å². The van der Waals surface area contributed by atoms with Crippen molar-refractivity contribution in [3.05, 3.63) is 140 Å². The number of methoxy groups -OCH3 is 2. The molecule has 0 saturated carbocycles. The maximum atomic E-state index is 12.8. The molecule has 4 rings (SSSR count). The van der Waals surface area contributed by atoms with E-state index >= 15 is 0 Å². The Morgan fingerprint density at radius 1 is 0.660 bits per heavy atom. The van der Waals surface area contributed by atoms with Gasteiger partial charge in [0, 0.05) is 36.4 Å². The highest BCUT2D eigenvalue weighted by molar-refractivity contribution is 7.48. The number of nitro benzene ring substituents is 2. The van der Waals surface area contributed by atoms with Crippen LogP contribution in [0.5, 0.6) is 23.0 Å². The first-order valence-corrected chi connectivity index (χ1v) is 14.9. The van der Waals surface area contributed by atoms with Gasteiger partial charge in [-0.3, -0.25) is 34.7 Å². The third-order valence-electron chi connectivity index (χ3n) is 6.38. The fraction of sp³-hybridized carbons (Fsp3) is 0.0625. The number of nitro groups is 2. The molecule has 0 heterocycles. The summed E-state index contributed by atoms with van der Waals surface area (Å²) in [5.74, 6) is -1.18. The minimum absolute atomic E-state index is 0.0344. The predicted molar refractivity (Wildman–Crippen MR) is 170 cm³/mol. The fourth-order valence-electron chi connectivity index (χ4n) is 4.09. The second kappa shape index (κ2) is 14.8. The molecule has 0 amide bonds. The monoisotopic (exact) mass is 660 g/mol. The summed E-state index contributed by atoms with van der Waals surface area (Å²) in [6, 6.07) is 18.8. The van der Waals surface area contributed by atoms with Gasteiger partial charge in [-0.25, -0.2) is 4.57 Å². The summed E-state index contributed by atoms with van der Waals surface area (Å²) in [5.41, 5.74) is 1.14. The van der Waals surface area contributed by atoms with Gasteiger partial charge in [0.25, 0.3) is 11.4 Å². The number of ether oxygens (including phenoxy) is 2. The normalized spacial score (nSPS) is 12.3. The molecule has 0 aromatic heterocycles. The van der Waals surface area contributed by atoms with Crippen molar-refractivity contribution in [1.29, 1.82) is 0 Å². The van der Waals surface area contributed by atoms with E-state index in [1.807, 2.05) is 0 Å². The summed E-state index contributed by atoms with van der Waals surface area (Å²) in [7, 11) is -2.22. The van der Waals surface area contributed by atoms with E-state index in [9.17, 15) is 39.3 Å². The van der Waals surface area contributed by atoms with Crippen LogP contribution in [-0.4, -0.2) is 40.5 Å². The zero-order valence-electron chi connectivity index (χ0n) is 24.7. The van der Waals surface area contributed by atoms with Crippen LogP contribution >= 0.6 is 7.82 Å². The molecule has 0 aliphatic carbocycles. The predicted octanol–water partition coefficient (Wildman–Crippen LogP) is 6.87. The molecule has 0 bridgehead atoms. The average molecular weight is 661 g/mol. The van der Waals surface area contributed by atoms with Gasteiger partial charge in [0.2, 0.25) is 0 Å². The zero-order chi connectivity index (χ0) is 34.1. The summed E-state index contributed by atoms with van der Waals surface area (Å²) < 4.78 is 33.7. The number of carbonyl (C=O) groups excluding carboxylic acids is 2. The second-order valence-electron chi connectivity index (χ2n) is 9.47. The van der Waals surface area contributed by atoms with E-state index in [-0.39, 0.29) is 45.5 Å². The second-order valence-corrected chi connectivity index (χ2v) is 10.8. The lowest BCUT2D eigenvalue weighted by Crippen LogP contribution is -2.04. The molecule has 0 atom stereocenters. The van der Waals surface area contributed by atoms with Crippen LogP contribution in [0.3, 0.4) is 0 Å². The van der Waals surface area contributed by atoms with Gasteiger partial charge in [0.05, 0.1) is 35.2 Å². The van der Waals surface area contributed by atoms with Crippen LogP contribution in [0, 0.1) is 20.2 Å². The van der Waals surface area contributed by atoms with E-state index in [0.717, 1.165) is 0 Å². The summed E-state index contributed by atoms with van der Waals surface area (Å²) in [4.78, 5) is 56.6. The fourth-order valence-corrected chi connectivity index (χ4v) is 4.88. The number of non-ortho nitro benzene ring substituents is 2. The van der Waals surface area contributed by atoms with Crippen LogP contribution in [0.15, 0.2) is 97.1 Å². The van der Waals surface area contributed by atoms with Gasteiger partial charge in [0.15, 0.2) is 11.6 Å². The highest BCUT2D eigenvalue weighted by Crippen LogP contribution is 2.46. The molecular formula is C32H25N2O12P. The molecule has 0 saturated heterocycles. The number of rotatable bonds is 14. The first-order valence-electron chi connectivity index (χ1n) is 13.4. The first kappa shape index (κ1) is 33.8. The number of carbonyl (C=O) groups is 2. The lowest BCUT2D eigenvalue weighted by molar-refractivity contribution is -0.385. The third-order valence-corrected chi connectivity index (χ3v) is 7.26. The molecule has 240 valence electrons. The Hall–Kier alpha value is -6.11. The molecule has 0 unspecified atom stereocenters. The molecule has 47 heavy (non-hydrogen) atoms. The van der Waals surface area contributed by atoms with Crippen molar-refractivity contribution < 1.29 is 47.4 Å². The van der Waals surface area contributed by atoms with Crippen LogP contribution < -0.4 is 18.5 Å². The van der Waals surface area contributed by atoms with Crippen molar-refractivity contribution in [1.82, 2.24) is 0 Å². The van der Waals surface area contributed by atoms with Gasteiger partial charge >= 0.3 is 7.82 Å². The molecule has 0 radical (unpaired) electrons. The molecule has 0 aliphatic rings. The molecule has 1 N–H and O–H groups in total. The van der Waals surface area contributed by atoms with Crippen LogP contribution in [-0.2, 0) is 4.57 Å². The maximum Gasteiger partial charge on any atom is 0.584 e. The molecule has 0 aliphatic heterocycles. The largest absolute Gasteiger partial charge is 0.584 e. The van der Waals surface area contributed by atoms with E-state index < -0.39 is 29.2 Å². The van der Waals surface area contributed by atoms with E-state index in [1.165, 1.54) is 123 Å². The topological polar surface area (TPSA) is 195 Å². The van der Waals surface area contributed by atoms with Gasteiger partial charge in [-0.15, -0.1) is 0 Å². The van der Waals surface area contributed by atoms with Crippen LogP contribution in [0.4, 0.5) is 11.4 Å². The van der Waals surface area contributed by atoms with E-state index in [4.69, 9.17) is 18.5 Å². The quantitative estimate of drug-likeness (QED) is 0.0485. The van der Waals surface area contributed by atoms with Crippen molar-refractivity contribution >= 4 is 42.9 Å². The molecule has 0 fully saturated rings. The smallest absolute Gasteiger partial charge is 0.496 e. The van der Waals surface area contributed by atoms with Gasteiger partial charge in [-0.2, -0.15) is 0 Å². The SMILES string of the molecule is COc1cc(OP(=O)(O)Oc2ccc(C(=O)C=Cc3ccc([N+](=O)[O-])cc3)c(OC)c2)ccc1C(=O)C=Cc1ccc([N+](=O)[O-])cc1. The number of benzene rings is 4. The first-order chi connectivity index (χ1) is 22.4. The Bertz CT molecular complexity index is 1800. The molecule has 0 spiro atoms. The summed E-state index contributed by atoms with van der Waals surface area (Å²) in [6.07, 6.45) is 5.42. The Labute approximate surface area is 267 Å². The Morgan fingerprint density at radius 2 is 1.02 bits per heavy atom. The Morgan fingerprint density at radius 3 is 1.34 bits per heavy atom. The number of nitrogens with zero attached hydrogens (tertiary/aromatic N) is 2. The van der Waals surface area contributed by atoms with Crippen molar-refractivity contribution in [2.75, 3.05) is 14.2 Å². The summed E-state index contributed by atoms with van der Waals surface area (Å²) in [5, 5.41) is 21.6. The standard InChI is InChI=1S/C32H25N2O12P/c1-43-31-19-25(13-15-27(31)29(35)17-7-21-3-9-23(10-4-21)33(37)38)45-47(41,42)46-26-14-16-28(32(20-26)44-2)30(36)18-8-22-5-11-24(12-6-22)34(39)40/h3-20H,1-2H3,(H,41,42). The number of phosphoric ester groups is 1. The zero-order valence-corrected chi connectivity index (χ0v) is 25.6. The third kappa shape index (κ3) is 8.97. The lowest BCUT2D eigenvalue weighted by atomic mass is 10.1. The van der Waals surface area contributed by atoms with E-state index in [1.54, 1.807) is 0 Å². The Balaban J connectivity index is 1.43. The molecular weight excluding hydrogens is 635 g/mol. The number of allylic oxidation sites excluding steroid dienone is 2. The van der Waals surface area contributed by atoms with E-state index in [2.05, 4.69) is 0 Å². The van der Waals surface area contributed by atoms with E-state index in [0.29, 0.717) is 11.1 Å². The minimum atomic E-state index is -4.81. The Kier molecular flexibility index (Phi) is 10.6. The molecule has 4 aromatic rings. The van der Waals surface area contributed by atoms with Gasteiger partial charge < -0.3 is 18.5 Å². The minimum Gasteiger partial charge on any atom is -0.496 e. The summed E-state index contributed by atoms with van der Waals surface area (Å²) in [6.45, 7) is 0. The lowest BCUT2D eigenvalue weighted by Gasteiger charge is -2.16. The van der Waals surface area contributed by atoms with Gasteiger partial charge in [-0.05, 0) is 71.8 Å². The molecule has 4 aromatic carbocycles. The van der Waals surface area contributed by atoms with Crippen LogP contribution in [0.25, 0.3) is 12.2 Å². The van der Waals surface area contributed by atoms with Crippen molar-refractivity contribution in [2.24, 2.45) is 0 Å². The molecule has 14 nitrogen and oxygen atoms in total. The number of phosphoric acid groups is 1. The van der Waals surface area contributed by atoms with Crippen molar-refractivity contribution in [2.45, 2.75) is 0 Å². The number of hydrogen-bond acceptors (Lipinski definition) is 11. The maximum absolute atomic E-state index is 12.8. The average Bonchev–Trinajstić information content (AvgIpc) is 3.05. The highest BCUT2D eigenvalue weighted by atomic mass is 31.2. The highest BCUT2D eigenvalue weighted by Gasteiger charge is 2.27. The summed E-state index contributed by atoms with van der Waals surface area (Å²) >= 11 is 0. The van der Waals surface area contributed by atoms with Crippen molar-refractivity contribution in [3.63, 3.8) is 0 Å². The van der Waals surface area contributed by atoms with Crippen LogP contribution in [0.2, 0.25) is 0 Å². The van der Waals surface area contributed by atoms with Gasteiger partial charge in [-0.1, -0.05) is 12.2 Å². The number of ketones is 2. The number of hydrogen-bond donors (Lipinski definition) is 1. The van der Waals surface area contributed by atoms with Gasteiger partial charge in [0.1, 0.15) is 23.0 Å². The van der Waals surface area contributed by atoms with Crippen LogP contribution in [0.1, 0.15) is 31.8 Å².